The Morgan fingerprint density at radius 3 is 1.93 bits per heavy atom. The molecular weight excluding hydrogens is 360 g/mol. The fourth-order valence-electron chi connectivity index (χ4n) is 4.29. The van der Waals surface area contributed by atoms with Crippen LogP contribution in [0.4, 0.5) is 0 Å². The fourth-order valence-corrected chi connectivity index (χ4v) is 4.29. The Bertz CT molecular complexity index is 540. The number of hydrogen-bond donors (Lipinski definition) is 2. The Morgan fingerprint density at radius 1 is 1.04 bits per heavy atom. The summed E-state index contributed by atoms with van der Waals surface area (Å²) in [6.45, 7) is 16.4. The zero-order chi connectivity index (χ0) is 22.0. The number of nitrogens with zero attached hydrogens (tertiary/aromatic N) is 1. The molecule has 1 saturated heterocycles. The highest BCUT2D eigenvalue weighted by molar-refractivity contribution is 5.77. The van der Waals surface area contributed by atoms with Gasteiger partial charge in [0.2, 0.25) is 0 Å². The lowest BCUT2D eigenvalue weighted by Gasteiger charge is -2.57. The molecule has 0 saturated carbocycles. The van der Waals surface area contributed by atoms with Crippen molar-refractivity contribution < 1.29 is 24.2 Å². The second-order valence-corrected chi connectivity index (χ2v) is 10.3. The largest absolute Gasteiger partial charge is 0.464 e. The van der Waals surface area contributed by atoms with E-state index >= 15 is 0 Å². The molecule has 1 aliphatic rings. The summed E-state index contributed by atoms with van der Waals surface area (Å²) in [5, 5.41) is 10.5. The van der Waals surface area contributed by atoms with Crippen LogP contribution in [0.25, 0.3) is 0 Å². The highest BCUT2D eigenvalue weighted by Gasteiger charge is 2.48. The molecule has 1 aliphatic heterocycles. The summed E-state index contributed by atoms with van der Waals surface area (Å²) in [7, 11) is 0. The first-order valence-electron chi connectivity index (χ1n) is 10.1. The molecule has 0 aromatic heterocycles. The van der Waals surface area contributed by atoms with E-state index in [1.165, 1.54) is 0 Å². The van der Waals surface area contributed by atoms with E-state index in [2.05, 4.69) is 32.6 Å². The summed E-state index contributed by atoms with van der Waals surface area (Å²) in [6.07, 6.45) is 1.67. The van der Waals surface area contributed by atoms with E-state index in [0.29, 0.717) is 6.54 Å². The second kappa shape index (κ2) is 8.67. The van der Waals surface area contributed by atoms with Gasteiger partial charge in [-0.1, -0.05) is 0 Å². The average molecular weight is 401 g/mol. The molecule has 0 radical (unpaired) electrons. The van der Waals surface area contributed by atoms with Crippen molar-refractivity contribution in [1.29, 1.82) is 0 Å². The summed E-state index contributed by atoms with van der Waals surface area (Å²) >= 11 is 0. The predicted octanol–water partition coefficient (Wildman–Crippen LogP) is 2.59. The highest BCUT2D eigenvalue weighted by Crippen LogP contribution is 2.44. The van der Waals surface area contributed by atoms with Crippen LogP contribution in [0.5, 0.6) is 0 Å². The maximum Gasteiger partial charge on any atom is 0.308 e. The molecule has 0 spiro atoms. The molecule has 3 N–H and O–H groups in total. The van der Waals surface area contributed by atoms with Crippen molar-refractivity contribution in [2.24, 2.45) is 11.7 Å². The molecule has 0 bridgehead atoms. The van der Waals surface area contributed by atoms with Gasteiger partial charge in [-0.15, -0.1) is 0 Å². The maximum absolute atomic E-state index is 11.9. The van der Waals surface area contributed by atoms with Gasteiger partial charge in [0.1, 0.15) is 6.61 Å². The number of hydrogen-bond acceptors (Lipinski definition) is 7. The molecule has 0 atom stereocenters. The van der Waals surface area contributed by atoms with Crippen LogP contribution in [-0.4, -0.2) is 57.5 Å². The van der Waals surface area contributed by atoms with Gasteiger partial charge in [-0.25, -0.2) is 0 Å². The minimum Gasteiger partial charge on any atom is -0.464 e. The lowest BCUT2D eigenvalue weighted by molar-refractivity contribution is -0.159. The number of likely N-dealkylation sites (tertiary alicyclic amines) is 1. The highest BCUT2D eigenvalue weighted by atomic mass is 16.6. The van der Waals surface area contributed by atoms with Crippen molar-refractivity contribution in [3.05, 3.63) is 0 Å². The minimum absolute atomic E-state index is 0.0253. The lowest BCUT2D eigenvalue weighted by atomic mass is 9.68. The van der Waals surface area contributed by atoms with Gasteiger partial charge in [0.25, 0.3) is 0 Å². The van der Waals surface area contributed by atoms with Crippen molar-refractivity contribution in [2.75, 3.05) is 13.2 Å². The van der Waals surface area contributed by atoms with Gasteiger partial charge in [0.15, 0.2) is 5.72 Å². The van der Waals surface area contributed by atoms with Crippen LogP contribution in [-0.2, 0) is 19.1 Å². The van der Waals surface area contributed by atoms with E-state index in [9.17, 15) is 14.7 Å². The smallest absolute Gasteiger partial charge is 0.308 e. The molecule has 7 heteroatoms. The van der Waals surface area contributed by atoms with E-state index < -0.39 is 23.3 Å². The lowest BCUT2D eigenvalue weighted by Crippen LogP contribution is -2.63. The van der Waals surface area contributed by atoms with E-state index in [0.717, 1.165) is 12.8 Å². The summed E-state index contributed by atoms with van der Waals surface area (Å²) in [5.74, 6) is -0.733. The van der Waals surface area contributed by atoms with E-state index in [1.807, 2.05) is 13.8 Å². The van der Waals surface area contributed by atoms with Crippen LogP contribution in [0.15, 0.2) is 0 Å². The normalized spacial score (nSPS) is 20.6. The Hall–Kier alpha value is -1.18. The summed E-state index contributed by atoms with van der Waals surface area (Å²) in [4.78, 5) is 25.9. The number of esters is 2. The first-order valence-corrected chi connectivity index (χ1v) is 10.1. The van der Waals surface area contributed by atoms with E-state index in [1.54, 1.807) is 13.8 Å². The number of rotatable bonds is 8. The van der Waals surface area contributed by atoms with Crippen molar-refractivity contribution in [2.45, 2.75) is 103 Å². The third-order valence-electron chi connectivity index (χ3n) is 5.44. The standard InChI is InChI=1S/C21H40N2O5/c1-18(2)13-15(20(5,6)26)14-19(3,4)23(18)11-12-27-16(24)9-10-17(25)28-21(7,8)22/h15,26H,9-14,22H2,1-8H3. The molecule has 7 nitrogen and oxygen atoms in total. The Kier molecular flexibility index (Phi) is 7.70. The Labute approximate surface area is 169 Å². The molecule has 164 valence electrons. The van der Waals surface area contributed by atoms with Gasteiger partial charge in [0.05, 0.1) is 18.4 Å². The van der Waals surface area contributed by atoms with Gasteiger partial charge in [-0.2, -0.15) is 0 Å². The van der Waals surface area contributed by atoms with Gasteiger partial charge in [-0.3, -0.25) is 20.2 Å². The summed E-state index contributed by atoms with van der Waals surface area (Å²) in [5.41, 5.74) is 3.58. The van der Waals surface area contributed by atoms with Crippen molar-refractivity contribution in [3.8, 4) is 0 Å². The molecule has 0 aromatic carbocycles. The van der Waals surface area contributed by atoms with Gasteiger partial charge in [-0.05, 0) is 74.1 Å². The third kappa shape index (κ3) is 7.68. The average Bonchev–Trinajstić information content (AvgIpc) is 2.44. The van der Waals surface area contributed by atoms with Crippen LogP contribution < -0.4 is 5.73 Å². The van der Waals surface area contributed by atoms with Crippen LogP contribution in [0.2, 0.25) is 0 Å². The Morgan fingerprint density at radius 2 is 1.50 bits per heavy atom. The van der Waals surface area contributed by atoms with Crippen LogP contribution in [0, 0.1) is 5.92 Å². The molecule has 0 amide bonds. The second-order valence-electron chi connectivity index (χ2n) is 10.3. The fraction of sp³-hybridized carbons (Fsp3) is 0.905. The number of ether oxygens (including phenoxy) is 2. The molecule has 1 heterocycles. The molecule has 0 aliphatic carbocycles. The zero-order valence-electron chi connectivity index (χ0n) is 18.9. The van der Waals surface area contributed by atoms with Crippen molar-refractivity contribution >= 4 is 11.9 Å². The van der Waals surface area contributed by atoms with E-state index in [4.69, 9.17) is 15.2 Å². The molecule has 28 heavy (non-hydrogen) atoms. The predicted molar refractivity (Wildman–Crippen MR) is 108 cm³/mol. The number of piperidine rings is 1. The summed E-state index contributed by atoms with van der Waals surface area (Å²) in [6, 6.07) is 0. The number of aliphatic hydroxyl groups is 1. The van der Waals surface area contributed by atoms with Gasteiger partial charge >= 0.3 is 11.9 Å². The van der Waals surface area contributed by atoms with Crippen LogP contribution >= 0.6 is 0 Å². The Balaban J connectivity index is 2.53. The molecule has 0 aromatic rings. The van der Waals surface area contributed by atoms with Crippen LogP contribution in [0.3, 0.4) is 0 Å². The topological polar surface area (TPSA) is 102 Å². The first-order chi connectivity index (χ1) is 12.4. The number of carbonyl (C=O) groups excluding carboxylic acids is 2. The first kappa shape index (κ1) is 24.9. The zero-order valence-corrected chi connectivity index (χ0v) is 18.9. The van der Waals surface area contributed by atoms with Crippen molar-refractivity contribution in [3.63, 3.8) is 0 Å². The minimum atomic E-state index is -1.05. The molecule has 1 fully saturated rings. The quantitative estimate of drug-likeness (QED) is 0.477. The molecule has 0 unspecified atom stereocenters. The van der Waals surface area contributed by atoms with E-state index in [-0.39, 0.29) is 36.4 Å². The molecular formula is C21H40N2O5. The SMILES string of the molecule is CC(C)(N)OC(=O)CCC(=O)OCCN1C(C)(C)CC(C(C)(C)O)CC1(C)C. The third-order valence-corrected chi connectivity index (χ3v) is 5.44. The van der Waals surface area contributed by atoms with Crippen molar-refractivity contribution in [1.82, 2.24) is 4.90 Å². The number of nitrogens with two attached hydrogens (primary N) is 1. The monoisotopic (exact) mass is 400 g/mol. The van der Waals surface area contributed by atoms with Gasteiger partial charge in [0, 0.05) is 17.6 Å². The van der Waals surface area contributed by atoms with Gasteiger partial charge < -0.3 is 14.6 Å². The molecule has 1 rings (SSSR count). The maximum atomic E-state index is 11.9. The summed E-state index contributed by atoms with van der Waals surface area (Å²) < 4.78 is 10.3. The number of carbonyl (C=O) groups is 2. The van der Waals surface area contributed by atoms with Crippen LogP contribution in [0.1, 0.15) is 81.1 Å².